The molecule has 2 aliphatic heterocycles. The van der Waals surface area contributed by atoms with Crippen LogP contribution in [0, 0.1) is 5.41 Å². The molecule has 0 spiro atoms. The van der Waals surface area contributed by atoms with Gasteiger partial charge in [-0.15, -0.1) is 0 Å². The van der Waals surface area contributed by atoms with E-state index in [4.69, 9.17) is 10.7 Å². The van der Waals surface area contributed by atoms with Crippen LogP contribution in [0.4, 0.5) is 17.3 Å². The lowest BCUT2D eigenvalue weighted by molar-refractivity contribution is 0.0914. The summed E-state index contributed by atoms with van der Waals surface area (Å²) in [5.74, 6) is 0.298. The summed E-state index contributed by atoms with van der Waals surface area (Å²) >= 11 is 0. The topological polar surface area (TPSA) is 136 Å². The monoisotopic (exact) mass is 517 g/mol. The Bertz CT molecular complexity index is 1420. The number of aromatic nitrogens is 5. The SMILES string of the molecule is Cn1cc(Nc2nc(N3C4CCC(NC(=O)c5cc6c(n5C)CC(C)(C)C6)C3CC4)cnc2C(N)=O)cn1. The van der Waals surface area contributed by atoms with Gasteiger partial charge in [-0.25, -0.2) is 9.97 Å². The first-order chi connectivity index (χ1) is 18.1. The van der Waals surface area contributed by atoms with Gasteiger partial charge in [0.1, 0.15) is 11.5 Å². The second kappa shape index (κ2) is 8.85. The molecule has 2 amide bonds. The molecule has 0 radical (unpaired) electrons. The van der Waals surface area contributed by atoms with Crippen LogP contribution in [0.5, 0.6) is 0 Å². The molecular weight excluding hydrogens is 482 g/mol. The van der Waals surface area contributed by atoms with Crippen LogP contribution in [0.25, 0.3) is 0 Å². The van der Waals surface area contributed by atoms with Gasteiger partial charge in [-0.2, -0.15) is 5.10 Å². The molecule has 1 aliphatic carbocycles. The van der Waals surface area contributed by atoms with E-state index in [9.17, 15) is 9.59 Å². The van der Waals surface area contributed by atoms with Crippen LogP contribution in [-0.2, 0) is 26.9 Å². The number of aryl methyl sites for hydroxylation is 1. The molecule has 11 nitrogen and oxygen atoms in total. The zero-order valence-corrected chi connectivity index (χ0v) is 22.4. The molecule has 200 valence electrons. The lowest BCUT2D eigenvalue weighted by Gasteiger charge is -2.41. The van der Waals surface area contributed by atoms with E-state index in [1.54, 1.807) is 23.3 Å². The minimum Gasteiger partial charge on any atom is -0.364 e. The predicted octanol–water partition coefficient (Wildman–Crippen LogP) is 2.45. The maximum Gasteiger partial charge on any atom is 0.271 e. The van der Waals surface area contributed by atoms with Gasteiger partial charge >= 0.3 is 0 Å². The molecule has 0 aromatic carbocycles. The third-order valence-electron chi connectivity index (χ3n) is 8.36. The number of fused-ring (bicyclic) bond motifs is 3. The van der Waals surface area contributed by atoms with Gasteiger partial charge in [0.25, 0.3) is 11.8 Å². The van der Waals surface area contributed by atoms with E-state index in [2.05, 4.69) is 50.1 Å². The van der Waals surface area contributed by atoms with Gasteiger partial charge in [-0.1, -0.05) is 13.8 Å². The Morgan fingerprint density at radius 1 is 1.11 bits per heavy atom. The average molecular weight is 518 g/mol. The van der Waals surface area contributed by atoms with Crippen LogP contribution >= 0.6 is 0 Å². The summed E-state index contributed by atoms with van der Waals surface area (Å²) in [5, 5.41) is 10.7. The number of piperidine rings is 1. The van der Waals surface area contributed by atoms with Crippen molar-refractivity contribution in [1.29, 1.82) is 0 Å². The number of nitrogens with zero attached hydrogens (tertiary/aromatic N) is 6. The number of anilines is 3. The van der Waals surface area contributed by atoms with Gasteiger partial charge in [0.15, 0.2) is 11.5 Å². The van der Waals surface area contributed by atoms with E-state index in [1.807, 2.05) is 14.1 Å². The highest BCUT2D eigenvalue weighted by atomic mass is 16.2. The molecule has 2 fully saturated rings. The minimum atomic E-state index is -0.653. The largest absolute Gasteiger partial charge is 0.364 e. The van der Waals surface area contributed by atoms with Crippen LogP contribution in [0.2, 0.25) is 0 Å². The standard InChI is InChI=1S/C27H35N9O2/c1-27(2)10-15-9-20(35(4)21(15)11-27)26(38)32-18-7-5-17-6-8-19(18)36(17)22-13-29-23(24(28)37)25(33-22)31-16-12-30-34(3)14-16/h9,12-14,17-19H,5-8,10-11H2,1-4H3,(H2,28,37)(H,31,33)(H,32,38). The highest BCUT2D eigenvalue weighted by molar-refractivity contribution is 5.96. The maximum absolute atomic E-state index is 13.5. The Morgan fingerprint density at radius 3 is 2.61 bits per heavy atom. The lowest BCUT2D eigenvalue weighted by atomic mass is 9.90. The summed E-state index contributed by atoms with van der Waals surface area (Å²) in [6.45, 7) is 4.55. The Labute approximate surface area is 221 Å². The smallest absolute Gasteiger partial charge is 0.271 e. The molecule has 4 N–H and O–H groups in total. The van der Waals surface area contributed by atoms with Crippen molar-refractivity contribution in [3.63, 3.8) is 0 Å². The van der Waals surface area contributed by atoms with E-state index in [-0.39, 0.29) is 29.1 Å². The van der Waals surface area contributed by atoms with Crippen molar-refractivity contribution in [3.05, 3.63) is 47.3 Å². The fourth-order valence-electron chi connectivity index (χ4n) is 6.66. The third-order valence-corrected chi connectivity index (χ3v) is 8.36. The Kier molecular flexibility index (Phi) is 5.69. The van der Waals surface area contributed by atoms with Gasteiger partial charge in [-0.05, 0) is 55.6 Å². The molecule has 6 rings (SSSR count). The summed E-state index contributed by atoms with van der Waals surface area (Å²) in [6, 6.07) is 2.48. The molecule has 2 bridgehead atoms. The second-order valence-corrected chi connectivity index (χ2v) is 11.8. The number of primary amides is 1. The fraction of sp³-hybridized carbons (Fsp3) is 0.519. The Morgan fingerprint density at radius 2 is 1.89 bits per heavy atom. The molecule has 3 unspecified atom stereocenters. The minimum absolute atomic E-state index is 0.00483. The Balaban J connectivity index is 1.24. The molecule has 11 heteroatoms. The normalized spacial score (nSPS) is 23.4. The summed E-state index contributed by atoms with van der Waals surface area (Å²) in [7, 11) is 3.81. The van der Waals surface area contributed by atoms with Crippen LogP contribution in [0.15, 0.2) is 24.7 Å². The molecular formula is C27H35N9O2. The van der Waals surface area contributed by atoms with Crippen molar-refractivity contribution in [2.45, 2.75) is 70.5 Å². The molecule has 3 aromatic rings. The summed E-state index contributed by atoms with van der Waals surface area (Å²) in [4.78, 5) is 37.0. The van der Waals surface area contributed by atoms with Crippen LogP contribution in [0.3, 0.4) is 0 Å². The quantitative estimate of drug-likeness (QED) is 0.457. The first kappa shape index (κ1) is 24.4. The number of nitrogens with two attached hydrogens (primary N) is 1. The molecule has 38 heavy (non-hydrogen) atoms. The summed E-state index contributed by atoms with van der Waals surface area (Å²) < 4.78 is 3.73. The lowest BCUT2D eigenvalue weighted by Crippen LogP contribution is -2.55. The Hall–Kier alpha value is -3.89. The van der Waals surface area contributed by atoms with Crippen LogP contribution in [-0.4, -0.2) is 54.3 Å². The number of hydrogen-bond donors (Lipinski definition) is 3. The van der Waals surface area contributed by atoms with Crippen LogP contribution in [0.1, 0.15) is 71.8 Å². The molecule has 3 atom stereocenters. The highest BCUT2D eigenvalue weighted by Crippen LogP contribution is 2.40. The second-order valence-electron chi connectivity index (χ2n) is 11.8. The number of nitrogens with one attached hydrogen (secondary N) is 2. The van der Waals surface area contributed by atoms with E-state index in [0.29, 0.717) is 23.4 Å². The fourth-order valence-corrected chi connectivity index (χ4v) is 6.66. The molecule has 3 aliphatic rings. The van der Waals surface area contributed by atoms with Gasteiger partial charge in [0.05, 0.1) is 24.1 Å². The zero-order valence-electron chi connectivity index (χ0n) is 22.4. The maximum atomic E-state index is 13.5. The van der Waals surface area contributed by atoms with Gasteiger partial charge in [0, 0.05) is 38.1 Å². The third kappa shape index (κ3) is 4.19. The van der Waals surface area contributed by atoms with Gasteiger partial charge in [0.2, 0.25) is 0 Å². The first-order valence-corrected chi connectivity index (χ1v) is 13.3. The van der Waals surface area contributed by atoms with E-state index in [1.165, 1.54) is 11.3 Å². The zero-order chi connectivity index (χ0) is 26.8. The van der Waals surface area contributed by atoms with Crippen molar-refractivity contribution in [2.24, 2.45) is 25.2 Å². The first-order valence-electron chi connectivity index (χ1n) is 13.3. The highest BCUT2D eigenvalue weighted by Gasteiger charge is 2.44. The van der Waals surface area contributed by atoms with Gasteiger partial charge in [-0.3, -0.25) is 14.3 Å². The number of carbonyl (C=O) groups is 2. The summed E-state index contributed by atoms with van der Waals surface area (Å²) in [5.41, 5.74) is 9.88. The molecule has 3 aromatic heterocycles. The summed E-state index contributed by atoms with van der Waals surface area (Å²) in [6.07, 6.45) is 10.9. The van der Waals surface area contributed by atoms with Crippen molar-refractivity contribution in [3.8, 4) is 0 Å². The van der Waals surface area contributed by atoms with Crippen molar-refractivity contribution >= 4 is 29.1 Å². The number of carbonyl (C=O) groups excluding carboxylic acids is 2. The van der Waals surface area contributed by atoms with Gasteiger partial charge < -0.3 is 25.8 Å². The van der Waals surface area contributed by atoms with Crippen molar-refractivity contribution in [1.82, 2.24) is 29.6 Å². The van der Waals surface area contributed by atoms with E-state index in [0.717, 1.165) is 44.2 Å². The number of hydrogen-bond acceptors (Lipinski definition) is 7. The van der Waals surface area contributed by atoms with Crippen LogP contribution < -0.4 is 21.3 Å². The van der Waals surface area contributed by atoms with Crippen molar-refractivity contribution < 1.29 is 9.59 Å². The average Bonchev–Trinajstić information content (AvgIpc) is 3.57. The number of amides is 2. The molecule has 2 saturated heterocycles. The molecule has 5 heterocycles. The van der Waals surface area contributed by atoms with Crippen molar-refractivity contribution in [2.75, 3.05) is 10.2 Å². The van der Waals surface area contributed by atoms with E-state index >= 15 is 0 Å². The predicted molar refractivity (Wildman–Crippen MR) is 143 cm³/mol. The molecule has 0 saturated carbocycles. The van der Waals surface area contributed by atoms with E-state index < -0.39 is 5.91 Å². The number of rotatable bonds is 6.